The average Bonchev–Trinajstić information content (AvgIpc) is 3.10. The van der Waals surface area contributed by atoms with E-state index >= 15 is 0 Å². The van der Waals surface area contributed by atoms with Gasteiger partial charge in [0.15, 0.2) is 0 Å². The summed E-state index contributed by atoms with van der Waals surface area (Å²) in [7, 11) is 1.57. The van der Waals surface area contributed by atoms with Gasteiger partial charge in [0.2, 0.25) is 11.7 Å². The van der Waals surface area contributed by atoms with Gasteiger partial charge in [0.1, 0.15) is 5.75 Å². The lowest BCUT2D eigenvalue weighted by Gasteiger charge is -2.05. The summed E-state index contributed by atoms with van der Waals surface area (Å²) in [5, 5.41) is 6.83. The van der Waals surface area contributed by atoms with Gasteiger partial charge in [0.05, 0.1) is 7.11 Å². The number of rotatable bonds is 6. The summed E-state index contributed by atoms with van der Waals surface area (Å²) in [5.41, 5.74) is 2.59. The molecule has 1 aromatic heterocycles. The zero-order chi connectivity index (χ0) is 17.6. The number of carbonyl (C=O) groups excluding carboxylic acids is 1. The van der Waals surface area contributed by atoms with Gasteiger partial charge >= 0.3 is 0 Å². The number of hydrogen-bond donors (Lipinski definition) is 1. The molecular formula is C19H19N3O3. The standard InChI is InChI=1S/C19H19N3O3/c1-13-5-3-6-14(11-13)18-21-17(25-22-18)9-10-20-19(23)15-7-4-8-16(12-15)24-2/h3-8,11-12H,9-10H2,1-2H3,(H,20,23). The summed E-state index contributed by atoms with van der Waals surface area (Å²) < 4.78 is 10.4. The number of nitrogens with zero attached hydrogens (tertiary/aromatic N) is 2. The minimum atomic E-state index is -0.169. The monoisotopic (exact) mass is 337 g/mol. The van der Waals surface area contributed by atoms with Crippen LogP contribution in [0.5, 0.6) is 5.75 Å². The van der Waals surface area contributed by atoms with Crippen molar-refractivity contribution in [3.05, 3.63) is 65.5 Å². The summed E-state index contributed by atoms with van der Waals surface area (Å²) >= 11 is 0. The van der Waals surface area contributed by atoms with Crippen LogP contribution in [0.2, 0.25) is 0 Å². The largest absolute Gasteiger partial charge is 0.497 e. The van der Waals surface area contributed by atoms with Gasteiger partial charge < -0.3 is 14.6 Å². The fourth-order valence-corrected chi connectivity index (χ4v) is 2.41. The fraction of sp³-hybridized carbons (Fsp3) is 0.211. The SMILES string of the molecule is COc1cccc(C(=O)NCCc2nc(-c3cccc(C)c3)no2)c1. The molecule has 0 atom stereocenters. The molecule has 1 heterocycles. The number of hydrogen-bond acceptors (Lipinski definition) is 5. The molecule has 0 aliphatic carbocycles. The molecular weight excluding hydrogens is 318 g/mol. The lowest BCUT2D eigenvalue weighted by atomic mass is 10.1. The highest BCUT2D eigenvalue weighted by Crippen LogP contribution is 2.17. The maximum Gasteiger partial charge on any atom is 0.251 e. The van der Waals surface area contributed by atoms with Crippen molar-refractivity contribution < 1.29 is 14.1 Å². The molecule has 0 saturated heterocycles. The van der Waals surface area contributed by atoms with E-state index in [1.807, 2.05) is 31.2 Å². The topological polar surface area (TPSA) is 77.2 Å². The third kappa shape index (κ3) is 4.23. The lowest BCUT2D eigenvalue weighted by Crippen LogP contribution is -2.25. The molecule has 0 bridgehead atoms. The molecule has 0 fully saturated rings. The van der Waals surface area contributed by atoms with Crippen LogP contribution in [0.25, 0.3) is 11.4 Å². The Bertz CT molecular complexity index is 874. The van der Waals surface area contributed by atoms with Gasteiger partial charge in [0, 0.05) is 24.1 Å². The van der Waals surface area contributed by atoms with Crippen molar-refractivity contribution in [3.8, 4) is 17.1 Å². The summed E-state index contributed by atoms with van der Waals surface area (Å²) in [6, 6.07) is 14.9. The molecule has 1 amide bonds. The predicted octanol–water partition coefficient (Wildman–Crippen LogP) is 3.03. The molecule has 3 rings (SSSR count). The van der Waals surface area contributed by atoms with Crippen LogP contribution >= 0.6 is 0 Å². The van der Waals surface area contributed by atoms with Gasteiger partial charge in [-0.1, -0.05) is 35.0 Å². The average molecular weight is 337 g/mol. The number of aryl methyl sites for hydroxylation is 1. The Labute approximate surface area is 145 Å². The van der Waals surface area contributed by atoms with E-state index < -0.39 is 0 Å². The molecule has 6 nitrogen and oxygen atoms in total. The van der Waals surface area contributed by atoms with Gasteiger partial charge in [-0.05, 0) is 31.2 Å². The molecule has 128 valence electrons. The Morgan fingerprint density at radius 1 is 1.20 bits per heavy atom. The molecule has 0 aliphatic heterocycles. The molecule has 6 heteroatoms. The van der Waals surface area contributed by atoms with E-state index in [1.54, 1.807) is 31.4 Å². The van der Waals surface area contributed by atoms with Gasteiger partial charge in [-0.3, -0.25) is 4.79 Å². The minimum Gasteiger partial charge on any atom is -0.497 e. The number of benzene rings is 2. The molecule has 3 aromatic rings. The Kier molecular flexibility index (Phi) is 5.09. The quantitative estimate of drug-likeness (QED) is 0.748. The van der Waals surface area contributed by atoms with Crippen molar-refractivity contribution in [3.63, 3.8) is 0 Å². The Morgan fingerprint density at radius 2 is 2.04 bits per heavy atom. The van der Waals surface area contributed by atoms with Crippen molar-refractivity contribution in [2.75, 3.05) is 13.7 Å². The van der Waals surface area contributed by atoms with Crippen LogP contribution in [-0.4, -0.2) is 29.7 Å². The first kappa shape index (κ1) is 16.7. The zero-order valence-electron chi connectivity index (χ0n) is 14.2. The van der Waals surface area contributed by atoms with Gasteiger partial charge in [-0.2, -0.15) is 4.98 Å². The third-order valence-corrected chi connectivity index (χ3v) is 3.70. The fourth-order valence-electron chi connectivity index (χ4n) is 2.41. The Balaban J connectivity index is 1.56. The summed E-state index contributed by atoms with van der Waals surface area (Å²) in [6.45, 7) is 2.42. The molecule has 0 radical (unpaired) electrons. The van der Waals surface area contributed by atoms with Crippen molar-refractivity contribution in [2.24, 2.45) is 0 Å². The normalized spacial score (nSPS) is 10.5. The second-order valence-corrected chi connectivity index (χ2v) is 5.62. The third-order valence-electron chi connectivity index (χ3n) is 3.70. The van der Waals surface area contributed by atoms with E-state index in [2.05, 4.69) is 15.5 Å². The van der Waals surface area contributed by atoms with E-state index in [0.717, 1.165) is 11.1 Å². The smallest absolute Gasteiger partial charge is 0.251 e. The van der Waals surface area contributed by atoms with E-state index in [9.17, 15) is 4.79 Å². The summed E-state index contributed by atoms with van der Waals surface area (Å²) in [4.78, 5) is 16.5. The zero-order valence-corrected chi connectivity index (χ0v) is 14.2. The van der Waals surface area contributed by atoms with Crippen molar-refractivity contribution >= 4 is 5.91 Å². The van der Waals surface area contributed by atoms with E-state index in [1.165, 1.54) is 0 Å². The lowest BCUT2D eigenvalue weighted by molar-refractivity contribution is 0.0953. The molecule has 0 spiro atoms. The van der Waals surface area contributed by atoms with Crippen LogP contribution in [0, 0.1) is 6.92 Å². The highest BCUT2D eigenvalue weighted by molar-refractivity contribution is 5.94. The van der Waals surface area contributed by atoms with Gasteiger partial charge in [0.25, 0.3) is 5.91 Å². The highest BCUT2D eigenvalue weighted by atomic mass is 16.5. The second-order valence-electron chi connectivity index (χ2n) is 5.62. The van der Waals surface area contributed by atoms with E-state index in [-0.39, 0.29) is 5.91 Å². The van der Waals surface area contributed by atoms with Crippen LogP contribution in [0.3, 0.4) is 0 Å². The van der Waals surface area contributed by atoms with Crippen LogP contribution in [0.15, 0.2) is 53.1 Å². The molecule has 2 aromatic carbocycles. The molecule has 0 saturated carbocycles. The summed E-state index contributed by atoms with van der Waals surface area (Å²) in [5.74, 6) is 1.52. The van der Waals surface area contributed by atoms with Crippen LogP contribution in [0.4, 0.5) is 0 Å². The first-order valence-electron chi connectivity index (χ1n) is 7.97. The predicted molar refractivity (Wildman–Crippen MR) is 93.5 cm³/mol. The first-order chi connectivity index (χ1) is 12.2. The minimum absolute atomic E-state index is 0.169. The molecule has 25 heavy (non-hydrogen) atoms. The number of nitrogens with one attached hydrogen (secondary N) is 1. The number of methoxy groups -OCH3 is 1. The summed E-state index contributed by atoms with van der Waals surface area (Å²) in [6.07, 6.45) is 0.467. The van der Waals surface area contributed by atoms with Crippen molar-refractivity contribution in [2.45, 2.75) is 13.3 Å². The number of carbonyl (C=O) groups is 1. The first-order valence-corrected chi connectivity index (χ1v) is 7.97. The van der Waals surface area contributed by atoms with Gasteiger partial charge in [-0.15, -0.1) is 0 Å². The Hall–Kier alpha value is -3.15. The second kappa shape index (κ2) is 7.61. The molecule has 0 aliphatic rings. The maximum absolute atomic E-state index is 12.1. The molecule has 1 N–H and O–H groups in total. The van der Waals surface area contributed by atoms with Crippen LogP contribution in [-0.2, 0) is 6.42 Å². The highest BCUT2D eigenvalue weighted by Gasteiger charge is 2.10. The van der Waals surface area contributed by atoms with Crippen LogP contribution < -0.4 is 10.1 Å². The number of ether oxygens (including phenoxy) is 1. The number of aromatic nitrogens is 2. The van der Waals surface area contributed by atoms with Gasteiger partial charge in [-0.25, -0.2) is 0 Å². The van der Waals surface area contributed by atoms with Crippen molar-refractivity contribution in [1.82, 2.24) is 15.5 Å². The van der Waals surface area contributed by atoms with E-state index in [0.29, 0.717) is 36.0 Å². The van der Waals surface area contributed by atoms with E-state index in [4.69, 9.17) is 9.26 Å². The number of amides is 1. The maximum atomic E-state index is 12.1. The Morgan fingerprint density at radius 3 is 2.84 bits per heavy atom. The molecule has 0 unspecified atom stereocenters. The van der Waals surface area contributed by atoms with Crippen molar-refractivity contribution in [1.29, 1.82) is 0 Å². The van der Waals surface area contributed by atoms with Crippen LogP contribution in [0.1, 0.15) is 21.8 Å².